The van der Waals surface area contributed by atoms with Crippen LogP contribution in [0.25, 0.3) is 0 Å². The number of carbonyl (C=O) groups is 2. The van der Waals surface area contributed by atoms with E-state index in [2.05, 4.69) is 5.32 Å². The van der Waals surface area contributed by atoms with Gasteiger partial charge in [-0.2, -0.15) is 13.2 Å². The summed E-state index contributed by atoms with van der Waals surface area (Å²) in [7, 11) is 1.71. The summed E-state index contributed by atoms with van der Waals surface area (Å²) < 4.78 is 37.8. The molecule has 5 nitrogen and oxygen atoms in total. The van der Waals surface area contributed by atoms with E-state index in [0.717, 1.165) is 12.1 Å². The van der Waals surface area contributed by atoms with Crippen molar-refractivity contribution in [2.45, 2.75) is 25.7 Å². The Hall–Kier alpha value is -2.87. The summed E-state index contributed by atoms with van der Waals surface area (Å²) in [6.45, 7) is 2.00. The van der Waals surface area contributed by atoms with Crippen molar-refractivity contribution in [3.63, 3.8) is 0 Å². The molecular formula is C19H20F3N3O2. The number of alkyl halides is 3. The standard InChI is InChI=1S/C19H20F3N3O2/c1-12(18(27)24-16-9-5-14(6-10-16)17(23)26)25(2)11-13-3-7-15(8-4-13)19(20,21)22/h3-10,12H,11H2,1-2H3,(H2,23,26)(H,24,27). The lowest BCUT2D eigenvalue weighted by molar-refractivity contribution is -0.137. The minimum absolute atomic E-state index is 0.281. The van der Waals surface area contributed by atoms with E-state index in [0.29, 0.717) is 23.4 Å². The van der Waals surface area contributed by atoms with E-state index in [1.165, 1.54) is 24.3 Å². The zero-order valence-corrected chi connectivity index (χ0v) is 14.9. The number of amides is 2. The second-order valence-electron chi connectivity index (χ2n) is 6.22. The zero-order chi connectivity index (χ0) is 20.2. The van der Waals surface area contributed by atoms with Crippen LogP contribution in [0, 0.1) is 0 Å². The Balaban J connectivity index is 1.96. The van der Waals surface area contributed by atoms with Crippen LogP contribution in [0.4, 0.5) is 18.9 Å². The van der Waals surface area contributed by atoms with Gasteiger partial charge in [0.15, 0.2) is 0 Å². The van der Waals surface area contributed by atoms with Crippen molar-refractivity contribution in [1.29, 1.82) is 0 Å². The van der Waals surface area contributed by atoms with Crippen molar-refractivity contribution in [2.75, 3.05) is 12.4 Å². The lowest BCUT2D eigenvalue weighted by atomic mass is 10.1. The number of benzene rings is 2. The lowest BCUT2D eigenvalue weighted by Crippen LogP contribution is -2.39. The molecular weight excluding hydrogens is 359 g/mol. The molecule has 0 bridgehead atoms. The average Bonchev–Trinajstić information content (AvgIpc) is 2.61. The normalized spacial score (nSPS) is 12.7. The van der Waals surface area contributed by atoms with E-state index in [-0.39, 0.29) is 5.91 Å². The van der Waals surface area contributed by atoms with Gasteiger partial charge >= 0.3 is 6.18 Å². The van der Waals surface area contributed by atoms with Crippen LogP contribution in [-0.2, 0) is 17.5 Å². The molecule has 0 aromatic heterocycles. The first-order valence-corrected chi connectivity index (χ1v) is 8.15. The smallest absolute Gasteiger partial charge is 0.366 e. The molecule has 2 rings (SSSR count). The number of likely N-dealkylation sites (N-methyl/N-ethyl adjacent to an activating group) is 1. The van der Waals surface area contributed by atoms with Crippen molar-refractivity contribution in [1.82, 2.24) is 4.90 Å². The Bertz CT molecular complexity index is 802. The van der Waals surface area contributed by atoms with Crippen LogP contribution in [0.5, 0.6) is 0 Å². The molecule has 0 radical (unpaired) electrons. The number of anilines is 1. The molecule has 0 aliphatic rings. The number of carbonyl (C=O) groups excluding carboxylic acids is 2. The van der Waals surface area contributed by atoms with Gasteiger partial charge in [-0.3, -0.25) is 14.5 Å². The van der Waals surface area contributed by atoms with Crippen LogP contribution < -0.4 is 11.1 Å². The summed E-state index contributed by atoms with van der Waals surface area (Å²) in [5.41, 5.74) is 5.97. The summed E-state index contributed by atoms with van der Waals surface area (Å²) >= 11 is 0. The number of hydrogen-bond acceptors (Lipinski definition) is 3. The Morgan fingerprint density at radius 3 is 2.11 bits per heavy atom. The predicted molar refractivity (Wildman–Crippen MR) is 96.0 cm³/mol. The summed E-state index contributed by atoms with van der Waals surface area (Å²) in [6.07, 6.45) is -4.37. The molecule has 2 amide bonds. The first kappa shape index (κ1) is 20.4. The fourth-order valence-corrected chi connectivity index (χ4v) is 2.39. The van der Waals surface area contributed by atoms with Crippen molar-refractivity contribution in [2.24, 2.45) is 5.73 Å². The number of nitrogens with one attached hydrogen (secondary N) is 1. The molecule has 0 fully saturated rings. The topological polar surface area (TPSA) is 75.4 Å². The second kappa shape index (κ2) is 8.22. The van der Waals surface area contributed by atoms with Crippen LogP contribution in [0.1, 0.15) is 28.4 Å². The van der Waals surface area contributed by atoms with Gasteiger partial charge in [-0.1, -0.05) is 12.1 Å². The van der Waals surface area contributed by atoms with Crippen LogP contribution in [0.15, 0.2) is 48.5 Å². The van der Waals surface area contributed by atoms with E-state index in [1.54, 1.807) is 31.0 Å². The molecule has 2 aromatic carbocycles. The van der Waals surface area contributed by atoms with E-state index < -0.39 is 23.7 Å². The van der Waals surface area contributed by atoms with Gasteiger partial charge in [0, 0.05) is 17.8 Å². The number of rotatable bonds is 6. The largest absolute Gasteiger partial charge is 0.416 e. The molecule has 0 aliphatic heterocycles. The molecule has 0 saturated carbocycles. The predicted octanol–water partition coefficient (Wildman–Crippen LogP) is 3.26. The fourth-order valence-electron chi connectivity index (χ4n) is 2.39. The second-order valence-corrected chi connectivity index (χ2v) is 6.22. The molecule has 2 aromatic rings. The van der Waals surface area contributed by atoms with Crippen LogP contribution in [-0.4, -0.2) is 29.8 Å². The van der Waals surface area contributed by atoms with Crippen LogP contribution in [0.2, 0.25) is 0 Å². The number of nitrogens with two attached hydrogens (primary N) is 1. The fraction of sp³-hybridized carbons (Fsp3) is 0.263. The van der Waals surface area contributed by atoms with Gasteiger partial charge in [-0.25, -0.2) is 0 Å². The van der Waals surface area contributed by atoms with Gasteiger partial charge in [0.25, 0.3) is 0 Å². The van der Waals surface area contributed by atoms with Crippen LogP contribution in [0.3, 0.4) is 0 Å². The van der Waals surface area contributed by atoms with Crippen molar-refractivity contribution in [3.05, 3.63) is 65.2 Å². The SMILES string of the molecule is CC(C(=O)Nc1ccc(C(N)=O)cc1)N(C)Cc1ccc(C(F)(F)F)cc1. The van der Waals surface area contributed by atoms with E-state index >= 15 is 0 Å². The van der Waals surface area contributed by atoms with Gasteiger partial charge < -0.3 is 11.1 Å². The minimum atomic E-state index is -4.37. The monoisotopic (exact) mass is 379 g/mol. The molecule has 1 atom stereocenters. The molecule has 1 unspecified atom stereocenters. The third kappa shape index (κ3) is 5.55. The van der Waals surface area contributed by atoms with E-state index in [4.69, 9.17) is 5.73 Å². The molecule has 0 spiro atoms. The van der Waals surface area contributed by atoms with E-state index in [1.807, 2.05) is 0 Å². The first-order chi connectivity index (χ1) is 12.6. The van der Waals surface area contributed by atoms with Crippen molar-refractivity contribution < 1.29 is 22.8 Å². The summed E-state index contributed by atoms with van der Waals surface area (Å²) in [6, 6.07) is 10.5. The molecule has 8 heteroatoms. The average molecular weight is 379 g/mol. The summed E-state index contributed by atoms with van der Waals surface area (Å²) in [4.78, 5) is 25.1. The number of primary amides is 1. The molecule has 144 valence electrons. The highest BCUT2D eigenvalue weighted by Crippen LogP contribution is 2.29. The Kier molecular flexibility index (Phi) is 6.22. The highest BCUT2D eigenvalue weighted by molar-refractivity contribution is 5.96. The molecule has 0 aliphatic carbocycles. The number of halogens is 3. The third-order valence-corrected chi connectivity index (χ3v) is 4.19. The Morgan fingerprint density at radius 1 is 1.07 bits per heavy atom. The molecule has 0 saturated heterocycles. The molecule has 3 N–H and O–H groups in total. The van der Waals surface area contributed by atoms with Crippen molar-refractivity contribution >= 4 is 17.5 Å². The molecule has 27 heavy (non-hydrogen) atoms. The highest BCUT2D eigenvalue weighted by Gasteiger charge is 2.30. The van der Waals surface area contributed by atoms with Gasteiger partial charge in [-0.05, 0) is 55.9 Å². The van der Waals surface area contributed by atoms with Crippen LogP contribution >= 0.6 is 0 Å². The quantitative estimate of drug-likeness (QED) is 0.809. The molecule has 0 heterocycles. The van der Waals surface area contributed by atoms with Gasteiger partial charge in [-0.15, -0.1) is 0 Å². The minimum Gasteiger partial charge on any atom is -0.366 e. The maximum Gasteiger partial charge on any atom is 0.416 e. The summed E-state index contributed by atoms with van der Waals surface area (Å²) in [5, 5.41) is 2.72. The first-order valence-electron chi connectivity index (χ1n) is 8.15. The third-order valence-electron chi connectivity index (χ3n) is 4.19. The van der Waals surface area contributed by atoms with Gasteiger partial charge in [0.1, 0.15) is 0 Å². The summed E-state index contributed by atoms with van der Waals surface area (Å²) in [5.74, 6) is -0.839. The number of nitrogens with zero attached hydrogens (tertiary/aromatic N) is 1. The van der Waals surface area contributed by atoms with Crippen molar-refractivity contribution in [3.8, 4) is 0 Å². The Morgan fingerprint density at radius 2 is 1.63 bits per heavy atom. The zero-order valence-electron chi connectivity index (χ0n) is 14.9. The maximum atomic E-state index is 12.6. The van der Waals surface area contributed by atoms with Gasteiger partial charge in [0.2, 0.25) is 11.8 Å². The maximum absolute atomic E-state index is 12.6. The van der Waals surface area contributed by atoms with E-state index in [9.17, 15) is 22.8 Å². The Labute approximate surface area is 155 Å². The highest BCUT2D eigenvalue weighted by atomic mass is 19.4. The van der Waals surface area contributed by atoms with Gasteiger partial charge in [0.05, 0.1) is 11.6 Å². The lowest BCUT2D eigenvalue weighted by Gasteiger charge is -2.24. The number of hydrogen-bond donors (Lipinski definition) is 2.